The molecule has 0 amide bonds. The lowest BCUT2D eigenvalue weighted by Crippen LogP contribution is -2.14. The third kappa shape index (κ3) is 5.06. The molecule has 9 aromatic rings. The van der Waals surface area contributed by atoms with Gasteiger partial charge in [-0.3, -0.25) is 0 Å². The van der Waals surface area contributed by atoms with Gasteiger partial charge in [0.2, 0.25) is 0 Å². The summed E-state index contributed by atoms with van der Waals surface area (Å²) in [6.07, 6.45) is 0. The molecule has 49 heavy (non-hydrogen) atoms. The Morgan fingerprint density at radius 3 is 1.08 bits per heavy atom. The Labute approximate surface area is 286 Å². The number of rotatable bonds is 6. The quantitative estimate of drug-likeness (QED) is 0.134. The molecular formula is C47H34N2. The van der Waals surface area contributed by atoms with Crippen LogP contribution in [0.15, 0.2) is 188 Å². The van der Waals surface area contributed by atoms with E-state index < -0.39 is 0 Å². The van der Waals surface area contributed by atoms with Gasteiger partial charge in [-0.15, -0.1) is 0 Å². The van der Waals surface area contributed by atoms with Crippen LogP contribution in [0.5, 0.6) is 0 Å². The first-order valence-electron chi connectivity index (χ1n) is 16.9. The lowest BCUT2D eigenvalue weighted by atomic mass is 9.95. The summed E-state index contributed by atoms with van der Waals surface area (Å²) in [7, 11) is 0. The van der Waals surface area contributed by atoms with Crippen LogP contribution >= 0.6 is 0 Å². The van der Waals surface area contributed by atoms with Crippen LogP contribution in [0.3, 0.4) is 0 Å². The van der Waals surface area contributed by atoms with E-state index in [9.17, 15) is 0 Å². The summed E-state index contributed by atoms with van der Waals surface area (Å²) in [5, 5.41) is 9.64. The van der Waals surface area contributed by atoms with E-state index in [4.69, 9.17) is 0 Å². The van der Waals surface area contributed by atoms with Crippen molar-refractivity contribution in [2.75, 3.05) is 9.80 Å². The number of aryl methyl sites for hydroxylation is 1. The summed E-state index contributed by atoms with van der Waals surface area (Å²) in [6.45, 7) is 2.15. The van der Waals surface area contributed by atoms with Crippen molar-refractivity contribution in [3.05, 3.63) is 194 Å². The van der Waals surface area contributed by atoms with Gasteiger partial charge in [-0.05, 0) is 77.0 Å². The highest BCUT2D eigenvalue weighted by Gasteiger charge is 2.25. The van der Waals surface area contributed by atoms with E-state index in [-0.39, 0.29) is 0 Å². The summed E-state index contributed by atoms with van der Waals surface area (Å²) in [5.74, 6) is 0. The van der Waals surface area contributed by atoms with Crippen molar-refractivity contribution in [1.82, 2.24) is 0 Å². The molecule has 0 unspecified atom stereocenters. The largest absolute Gasteiger partial charge is 0.309 e. The zero-order valence-electron chi connectivity index (χ0n) is 27.3. The summed E-state index contributed by atoms with van der Waals surface area (Å²) in [6, 6.07) is 68.3. The fraction of sp³-hybridized carbons (Fsp3) is 0.0213. The molecule has 0 atom stereocenters. The number of anilines is 6. The average Bonchev–Trinajstić information content (AvgIpc) is 3.16. The van der Waals surface area contributed by atoms with E-state index in [1.165, 1.54) is 60.0 Å². The van der Waals surface area contributed by atoms with E-state index in [1.54, 1.807) is 0 Å². The summed E-state index contributed by atoms with van der Waals surface area (Å²) in [4.78, 5) is 4.89. The maximum absolute atomic E-state index is 2.45. The van der Waals surface area contributed by atoms with Crippen molar-refractivity contribution in [2.45, 2.75) is 6.92 Å². The molecule has 0 saturated carbocycles. The van der Waals surface area contributed by atoms with Crippen LogP contribution < -0.4 is 9.80 Å². The predicted molar refractivity (Wildman–Crippen MR) is 211 cm³/mol. The highest BCUT2D eigenvalue weighted by Crippen LogP contribution is 2.51. The van der Waals surface area contributed by atoms with Crippen LogP contribution in [0.2, 0.25) is 0 Å². The lowest BCUT2D eigenvalue weighted by molar-refractivity contribution is 1.29. The molecule has 0 saturated heterocycles. The van der Waals surface area contributed by atoms with E-state index in [2.05, 4.69) is 205 Å². The Kier molecular flexibility index (Phi) is 7.06. The minimum atomic E-state index is 1.12. The molecule has 0 heterocycles. The topological polar surface area (TPSA) is 6.48 Å². The van der Waals surface area contributed by atoms with E-state index in [0.717, 1.165) is 22.7 Å². The van der Waals surface area contributed by atoms with E-state index in [0.29, 0.717) is 0 Å². The van der Waals surface area contributed by atoms with Gasteiger partial charge in [-0.2, -0.15) is 0 Å². The van der Waals surface area contributed by atoms with Crippen molar-refractivity contribution < 1.29 is 0 Å². The first-order chi connectivity index (χ1) is 24.2. The van der Waals surface area contributed by atoms with E-state index >= 15 is 0 Å². The number of benzene rings is 9. The highest BCUT2D eigenvalue weighted by molar-refractivity contribution is 6.23. The van der Waals surface area contributed by atoms with Crippen LogP contribution in [-0.4, -0.2) is 0 Å². The van der Waals surface area contributed by atoms with E-state index in [1.807, 2.05) is 0 Å². The van der Waals surface area contributed by atoms with Crippen molar-refractivity contribution in [3.63, 3.8) is 0 Å². The van der Waals surface area contributed by atoms with Gasteiger partial charge < -0.3 is 9.80 Å². The highest BCUT2D eigenvalue weighted by atomic mass is 15.2. The van der Waals surface area contributed by atoms with Gasteiger partial charge >= 0.3 is 0 Å². The molecule has 0 bridgehead atoms. The molecule has 0 spiro atoms. The Hall–Kier alpha value is -6.38. The number of hydrogen-bond acceptors (Lipinski definition) is 2. The minimum absolute atomic E-state index is 1.12. The summed E-state index contributed by atoms with van der Waals surface area (Å²) in [5.41, 5.74) is 8.06. The number of para-hydroxylation sites is 1. The molecule has 0 aromatic heterocycles. The predicted octanol–water partition coefficient (Wildman–Crippen LogP) is 13.5. The van der Waals surface area contributed by atoms with Crippen molar-refractivity contribution in [3.8, 4) is 0 Å². The number of hydrogen-bond donors (Lipinski definition) is 0. The first-order valence-corrected chi connectivity index (χ1v) is 16.9. The monoisotopic (exact) mass is 626 g/mol. The normalized spacial score (nSPS) is 11.4. The molecule has 9 aromatic carbocycles. The number of nitrogens with zero attached hydrogens (tertiary/aromatic N) is 2. The van der Waals surface area contributed by atoms with Gasteiger partial charge in [0.25, 0.3) is 0 Å². The third-order valence-electron chi connectivity index (χ3n) is 9.61. The van der Waals surface area contributed by atoms with Gasteiger partial charge in [-0.25, -0.2) is 0 Å². The Morgan fingerprint density at radius 1 is 0.286 bits per heavy atom. The molecule has 2 heteroatoms. The second kappa shape index (κ2) is 12.0. The first kappa shape index (κ1) is 28.8. The molecule has 2 nitrogen and oxygen atoms in total. The molecule has 0 aliphatic rings. The third-order valence-corrected chi connectivity index (χ3v) is 9.61. The maximum Gasteiger partial charge on any atom is 0.0619 e. The Morgan fingerprint density at radius 2 is 0.633 bits per heavy atom. The molecule has 232 valence electrons. The van der Waals surface area contributed by atoms with Crippen molar-refractivity contribution >= 4 is 77.2 Å². The van der Waals surface area contributed by atoms with Crippen molar-refractivity contribution in [1.29, 1.82) is 0 Å². The minimum Gasteiger partial charge on any atom is -0.309 e. The van der Waals surface area contributed by atoms with Gasteiger partial charge in [0.1, 0.15) is 0 Å². The van der Waals surface area contributed by atoms with Crippen LogP contribution in [0.4, 0.5) is 34.1 Å². The van der Waals surface area contributed by atoms with Gasteiger partial charge in [0, 0.05) is 44.3 Å². The second-order valence-corrected chi connectivity index (χ2v) is 12.7. The maximum atomic E-state index is 2.45. The van der Waals surface area contributed by atoms with Crippen LogP contribution in [0, 0.1) is 6.92 Å². The average molecular weight is 627 g/mol. The summed E-state index contributed by atoms with van der Waals surface area (Å²) >= 11 is 0. The molecular weight excluding hydrogens is 593 g/mol. The molecule has 0 aliphatic carbocycles. The van der Waals surface area contributed by atoms with Gasteiger partial charge in [-0.1, -0.05) is 145 Å². The van der Waals surface area contributed by atoms with Gasteiger partial charge in [0.15, 0.2) is 0 Å². The smallest absolute Gasteiger partial charge is 0.0619 e. The fourth-order valence-electron chi connectivity index (χ4n) is 7.28. The standard InChI is InChI=1S/C47H34N2/c1-33-23-27-39(28-24-33)49(41-30-26-35-14-6-8-16-37(35)32-41)47-44-21-11-9-19-42(44)46(43-20-10-12-22-45(43)47)48(38-17-3-2-4-18-38)40-29-25-34-13-5-7-15-36(34)31-40/h2-32H,1H3. The van der Waals surface area contributed by atoms with Crippen LogP contribution in [-0.2, 0) is 0 Å². The number of fused-ring (bicyclic) bond motifs is 4. The Bertz CT molecular complexity index is 2570. The van der Waals surface area contributed by atoms with Crippen molar-refractivity contribution in [2.24, 2.45) is 0 Å². The summed E-state index contributed by atoms with van der Waals surface area (Å²) < 4.78 is 0. The fourth-order valence-corrected chi connectivity index (χ4v) is 7.28. The zero-order chi connectivity index (χ0) is 32.7. The zero-order valence-corrected chi connectivity index (χ0v) is 27.3. The second-order valence-electron chi connectivity index (χ2n) is 12.7. The molecule has 0 radical (unpaired) electrons. The SMILES string of the molecule is Cc1ccc(N(c2ccc3ccccc3c2)c2c3ccccc3c(N(c3ccccc3)c3ccc4ccccc4c3)c3ccccc23)cc1. The van der Waals surface area contributed by atoms with Crippen LogP contribution in [0.1, 0.15) is 5.56 Å². The van der Waals surface area contributed by atoms with Crippen LogP contribution in [0.25, 0.3) is 43.1 Å². The Balaban J connectivity index is 1.38. The van der Waals surface area contributed by atoms with Gasteiger partial charge in [0.05, 0.1) is 11.4 Å². The molecule has 0 N–H and O–H groups in total. The molecule has 0 aliphatic heterocycles. The molecule has 0 fully saturated rings. The lowest BCUT2D eigenvalue weighted by Gasteiger charge is -2.33. The molecule has 9 rings (SSSR count).